The second kappa shape index (κ2) is 4.73. The topological polar surface area (TPSA) is 64.1 Å². The van der Waals surface area contributed by atoms with Crippen molar-refractivity contribution < 1.29 is 0 Å². The summed E-state index contributed by atoms with van der Waals surface area (Å²) in [6, 6.07) is 0. The van der Waals surface area contributed by atoms with E-state index in [-0.39, 0.29) is 6.29 Å². The quantitative estimate of drug-likeness (QED) is 0.464. The molecule has 0 fully saturated rings. The molecule has 0 saturated heterocycles. The summed E-state index contributed by atoms with van der Waals surface area (Å²) in [7, 11) is 0. The second-order valence-corrected chi connectivity index (χ2v) is 2.66. The molecule has 0 saturated carbocycles. The molecule has 0 aromatic carbocycles. The standard InChI is InChI=1S/C6H17N3/c1-5(2)3-4-9-6(7)8/h5-6,9H,3-4,7-8H2,1-2H3. The number of nitrogens with one attached hydrogen (secondary N) is 1. The average Bonchev–Trinajstić information content (AvgIpc) is 1.63. The van der Waals surface area contributed by atoms with Gasteiger partial charge in [-0.15, -0.1) is 0 Å². The van der Waals surface area contributed by atoms with Gasteiger partial charge in [0.1, 0.15) is 6.29 Å². The zero-order valence-corrected chi connectivity index (χ0v) is 6.22. The Labute approximate surface area is 56.8 Å². The van der Waals surface area contributed by atoms with Crippen molar-refractivity contribution in [3.63, 3.8) is 0 Å². The molecule has 5 N–H and O–H groups in total. The SMILES string of the molecule is CC(C)CCNC(N)N. The Morgan fingerprint density at radius 1 is 1.33 bits per heavy atom. The third kappa shape index (κ3) is 7.88. The molecule has 0 bridgehead atoms. The van der Waals surface area contributed by atoms with E-state index in [1.54, 1.807) is 0 Å². The molecule has 0 aromatic heterocycles. The molecular weight excluding hydrogens is 114 g/mol. The molecule has 3 nitrogen and oxygen atoms in total. The highest BCUT2D eigenvalue weighted by molar-refractivity contribution is 4.51. The first-order valence-corrected chi connectivity index (χ1v) is 3.37. The van der Waals surface area contributed by atoms with Gasteiger partial charge in [-0.3, -0.25) is 5.32 Å². The van der Waals surface area contributed by atoms with Crippen molar-refractivity contribution in [3.8, 4) is 0 Å². The zero-order valence-electron chi connectivity index (χ0n) is 6.22. The summed E-state index contributed by atoms with van der Waals surface area (Å²) in [4.78, 5) is 0. The van der Waals surface area contributed by atoms with E-state index in [1.807, 2.05) is 0 Å². The molecule has 0 radical (unpaired) electrons. The van der Waals surface area contributed by atoms with Gasteiger partial charge in [0, 0.05) is 0 Å². The van der Waals surface area contributed by atoms with E-state index >= 15 is 0 Å². The molecule has 0 aliphatic carbocycles. The minimum absolute atomic E-state index is 0.358. The maximum atomic E-state index is 5.25. The Morgan fingerprint density at radius 3 is 2.22 bits per heavy atom. The van der Waals surface area contributed by atoms with Gasteiger partial charge < -0.3 is 11.5 Å². The second-order valence-electron chi connectivity index (χ2n) is 2.66. The van der Waals surface area contributed by atoms with Crippen LogP contribution in [0.1, 0.15) is 20.3 Å². The van der Waals surface area contributed by atoms with Crippen LogP contribution in [0.4, 0.5) is 0 Å². The van der Waals surface area contributed by atoms with Crippen LogP contribution in [0.2, 0.25) is 0 Å². The first kappa shape index (κ1) is 8.88. The van der Waals surface area contributed by atoms with Crippen molar-refractivity contribution >= 4 is 0 Å². The molecule has 3 heteroatoms. The molecule has 56 valence electrons. The van der Waals surface area contributed by atoms with Crippen molar-refractivity contribution in [3.05, 3.63) is 0 Å². The average molecular weight is 131 g/mol. The van der Waals surface area contributed by atoms with Gasteiger partial charge in [-0.1, -0.05) is 13.8 Å². The Balaban J connectivity index is 2.91. The molecule has 0 unspecified atom stereocenters. The zero-order chi connectivity index (χ0) is 7.28. The van der Waals surface area contributed by atoms with Gasteiger partial charge in [-0.2, -0.15) is 0 Å². The first-order chi connectivity index (χ1) is 4.13. The predicted molar refractivity (Wildman–Crippen MR) is 39.6 cm³/mol. The third-order valence-corrected chi connectivity index (χ3v) is 1.10. The van der Waals surface area contributed by atoms with Crippen molar-refractivity contribution in [1.29, 1.82) is 0 Å². The summed E-state index contributed by atoms with van der Waals surface area (Å²) in [6.07, 6.45) is 0.772. The lowest BCUT2D eigenvalue weighted by Crippen LogP contribution is -2.45. The lowest BCUT2D eigenvalue weighted by atomic mass is 10.1. The lowest BCUT2D eigenvalue weighted by molar-refractivity contribution is 0.484. The van der Waals surface area contributed by atoms with Crippen LogP contribution < -0.4 is 16.8 Å². The summed E-state index contributed by atoms with van der Waals surface area (Å²) < 4.78 is 0. The summed E-state index contributed by atoms with van der Waals surface area (Å²) in [5.74, 6) is 0.719. The summed E-state index contributed by atoms with van der Waals surface area (Å²) in [5.41, 5.74) is 10.5. The number of rotatable bonds is 4. The number of nitrogens with two attached hydrogens (primary N) is 2. The van der Waals surface area contributed by atoms with Gasteiger partial charge in [0.25, 0.3) is 0 Å². The highest BCUT2D eigenvalue weighted by Gasteiger charge is 1.94. The van der Waals surface area contributed by atoms with E-state index in [4.69, 9.17) is 11.5 Å². The molecule has 0 aromatic rings. The van der Waals surface area contributed by atoms with E-state index < -0.39 is 0 Å². The molecule has 0 rings (SSSR count). The van der Waals surface area contributed by atoms with E-state index in [0.717, 1.165) is 18.9 Å². The molecule has 0 heterocycles. The van der Waals surface area contributed by atoms with E-state index in [2.05, 4.69) is 19.2 Å². The predicted octanol–water partition coefficient (Wildman–Crippen LogP) is -0.177. The van der Waals surface area contributed by atoms with Gasteiger partial charge in [0.15, 0.2) is 0 Å². The first-order valence-electron chi connectivity index (χ1n) is 3.37. The third-order valence-electron chi connectivity index (χ3n) is 1.10. The Hall–Kier alpha value is -0.120. The van der Waals surface area contributed by atoms with Crippen LogP contribution in [0, 0.1) is 5.92 Å². The molecule has 0 aliphatic rings. The normalized spacial score (nSPS) is 11.3. The van der Waals surface area contributed by atoms with Gasteiger partial charge in [-0.25, -0.2) is 0 Å². The maximum absolute atomic E-state index is 5.25. The van der Waals surface area contributed by atoms with Crippen LogP contribution in [0.15, 0.2) is 0 Å². The van der Waals surface area contributed by atoms with Crippen LogP contribution >= 0.6 is 0 Å². The fourth-order valence-corrected chi connectivity index (χ4v) is 0.539. The lowest BCUT2D eigenvalue weighted by Gasteiger charge is -2.08. The Kier molecular flexibility index (Phi) is 4.67. The van der Waals surface area contributed by atoms with E-state index in [9.17, 15) is 0 Å². The van der Waals surface area contributed by atoms with Gasteiger partial charge >= 0.3 is 0 Å². The van der Waals surface area contributed by atoms with Crippen LogP contribution in [0.5, 0.6) is 0 Å². The molecular formula is C6H17N3. The molecule has 0 atom stereocenters. The van der Waals surface area contributed by atoms with E-state index in [0.29, 0.717) is 0 Å². The van der Waals surface area contributed by atoms with Crippen LogP contribution in [-0.2, 0) is 0 Å². The van der Waals surface area contributed by atoms with Crippen molar-refractivity contribution in [2.45, 2.75) is 26.6 Å². The maximum Gasteiger partial charge on any atom is 0.106 e. The number of hydrogen-bond donors (Lipinski definition) is 3. The summed E-state index contributed by atoms with van der Waals surface area (Å²) in [6.45, 7) is 5.25. The Bertz CT molecular complexity index is 53.3. The van der Waals surface area contributed by atoms with Crippen LogP contribution in [0.25, 0.3) is 0 Å². The molecule has 9 heavy (non-hydrogen) atoms. The largest absolute Gasteiger partial charge is 0.304 e. The van der Waals surface area contributed by atoms with Crippen molar-refractivity contribution in [2.24, 2.45) is 17.4 Å². The van der Waals surface area contributed by atoms with Crippen molar-refractivity contribution in [1.82, 2.24) is 5.32 Å². The fourth-order valence-electron chi connectivity index (χ4n) is 0.539. The molecule has 0 amide bonds. The van der Waals surface area contributed by atoms with Crippen LogP contribution in [-0.4, -0.2) is 12.8 Å². The number of hydrogen-bond acceptors (Lipinski definition) is 3. The smallest absolute Gasteiger partial charge is 0.106 e. The van der Waals surface area contributed by atoms with Crippen LogP contribution in [0.3, 0.4) is 0 Å². The van der Waals surface area contributed by atoms with Gasteiger partial charge in [0.05, 0.1) is 0 Å². The molecule has 0 aliphatic heterocycles. The van der Waals surface area contributed by atoms with Gasteiger partial charge in [-0.05, 0) is 18.9 Å². The highest BCUT2D eigenvalue weighted by Crippen LogP contribution is 1.95. The highest BCUT2D eigenvalue weighted by atomic mass is 15.1. The summed E-state index contributed by atoms with van der Waals surface area (Å²) >= 11 is 0. The minimum atomic E-state index is -0.358. The fraction of sp³-hybridized carbons (Fsp3) is 1.00. The molecule has 0 spiro atoms. The monoisotopic (exact) mass is 131 g/mol. The van der Waals surface area contributed by atoms with E-state index in [1.165, 1.54) is 0 Å². The van der Waals surface area contributed by atoms with Crippen molar-refractivity contribution in [2.75, 3.05) is 6.54 Å². The van der Waals surface area contributed by atoms with Gasteiger partial charge in [0.2, 0.25) is 0 Å². The Morgan fingerprint density at radius 2 is 1.89 bits per heavy atom. The minimum Gasteiger partial charge on any atom is -0.304 e. The summed E-state index contributed by atoms with van der Waals surface area (Å²) in [5, 5.41) is 2.93.